The van der Waals surface area contributed by atoms with Crippen molar-refractivity contribution in [2.24, 2.45) is 17.1 Å². The summed E-state index contributed by atoms with van der Waals surface area (Å²) in [5.74, 6) is 0.591. The summed E-state index contributed by atoms with van der Waals surface area (Å²) in [6, 6.07) is 5.66. The Morgan fingerprint density at radius 1 is 1.55 bits per heavy atom. The number of nitrogens with two attached hydrogens (primary N) is 1. The Hall–Kier alpha value is -0.0900. The lowest BCUT2D eigenvalue weighted by atomic mass is 9.59. The van der Waals surface area contributed by atoms with Gasteiger partial charge in [-0.25, -0.2) is 0 Å². The highest BCUT2D eigenvalue weighted by molar-refractivity contribution is 9.10. The van der Waals surface area contributed by atoms with E-state index in [4.69, 9.17) is 17.3 Å². The number of halogens is 2. The Labute approximate surface area is 134 Å². The van der Waals surface area contributed by atoms with Crippen LogP contribution in [0, 0.1) is 11.3 Å². The van der Waals surface area contributed by atoms with Gasteiger partial charge in [0.05, 0.1) is 5.60 Å². The van der Waals surface area contributed by atoms with Crippen LogP contribution in [0.1, 0.15) is 45.1 Å². The maximum absolute atomic E-state index is 11.3. The van der Waals surface area contributed by atoms with E-state index in [1.165, 1.54) is 6.42 Å². The van der Waals surface area contributed by atoms with Crippen molar-refractivity contribution in [1.29, 1.82) is 0 Å². The first-order chi connectivity index (χ1) is 9.32. The summed E-state index contributed by atoms with van der Waals surface area (Å²) in [5, 5.41) is 11.9. The van der Waals surface area contributed by atoms with Crippen molar-refractivity contribution in [2.45, 2.75) is 45.1 Å². The van der Waals surface area contributed by atoms with Crippen molar-refractivity contribution in [3.63, 3.8) is 0 Å². The predicted molar refractivity (Wildman–Crippen MR) is 87.8 cm³/mol. The molecule has 2 rings (SSSR count). The lowest BCUT2D eigenvalue weighted by Crippen LogP contribution is -2.51. The summed E-state index contributed by atoms with van der Waals surface area (Å²) < 4.78 is 0.917. The summed E-state index contributed by atoms with van der Waals surface area (Å²) in [4.78, 5) is 0. The predicted octanol–water partition coefficient (Wildman–Crippen LogP) is 4.47. The summed E-state index contributed by atoms with van der Waals surface area (Å²) >= 11 is 9.77. The molecule has 112 valence electrons. The fourth-order valence-electron chi connectivity index (χ4n) is 3.66. The molecular weight excluding hydrogens is 338 g/mol. The number of hydrogen-bond donors (Lipinski definition) is 2. The van der Waals surface area contributed by atoms with Crippen molar-refractivity contribution >= 4 is 27.5 Å². The van der Waals surface area contributed by atoms with Crippen LogP contribution in [0.3, 0.4) is 0 Å². The fraction of sp³-hybridized carbons (Fsp3) is 0.625. The van der Waals surface area contributed by atoms with Crippen LogP contribution in [0.25, 0.3) is 0 Å². The SMILES string of the molecule is CC1CCCC(CN)(C(C)(O)c2ccc(Br)cc2Cl)C1. The molecule has 4 heteroatoms. The monoisotopic (exact) mass is 359 g/mol. The lowest BCUT2D eigenvalue weighted by molar-refractivity contribution is -0.100. The molecule has 3 N–H and O–H groups in total. The van der Waals surface area contributed by atoms with Crippen molar-refractivity contribution in [3.8, 4) is 0 Å². The summed E-state index contributed by atoms with van der Waals surface area (Å²) in [5.41, 5.74) is 5.58. The highest BCUT2D eigenvalue weighted by atomic mass is 79.9. The number of benzene rings is 1. The molecule has 1 fully saturated rings. The van der Waals surface area contributed by atoms with Crippen molar-refractivity contribution in [3.05, 3.63) is 33.3 Å². The summed E-state index contributed by atoms with van der Waals surface area (Å²) in [6.45, 7) is 4.59. The molecule has 1 saturated carbocycles. The zero-order valence-electron chi connectivity index (χ0n) is 12.1. The number of hydrogen-bond acceptors (Lipinski definition) is 2. The van der Waals surface area contributed by atoms with Crippen LogP contribution in [0.4, 0.5) is 0 Å². The topological polar surface area (TPSA) is 46.2 Å². The molecule has 0 bridgehead atoms. The molecule has 0 aromatic heterocycles. The second-order valence-electron chi connectivity index (χ2n) is 6.38. The molecule has 1 aromatic carbocycles. The van der Waals surface area contributed by atoms with E-state index in [9.17, 15) is 5.11 Å². The highest BCUT2D eigenvalue weighted by Gasteiger charge is 2.49. The van der Waals surface area contributed by atoms with Crippen LogP contribution >= 0.6 is 27.5 Å². The second kappa shape index (κ2) is 5.96. The molecule has 0 radical (unpaired) electrons. The Bertz CT molecular complexity index is 491. The molecule has 0 amide bonds. The molecule has 1 aliphatic carbocycles. The van der Waals surface area contributed by atoms with Crippen molar-refractivity contribution in [1.82, 2.24) is 0 Å². The molecule has 3 atom stereocenters. The first-order valence-corrected chi connectivity index (χ1v) is 8.37. The maximum atomic E-state index is 11.3. The van der Waals surface area contributed by atoms with Gasteiger partial charge in [0.1, 0.15) is 0 Å². The van der Waals surface area contributed by atoms with Gasteiger partial charge in [-0.15, -0.1) is 0 Å². The zero-order chi connectivity index (χ0) is 15.0. The molecule has 20 heavy (non-hydrogen) atoms. The highest BCUT2D eigenvalue weighted by Crippen LogP contribution is 2.52. The van der Waals surface area contributed by atoms with Gasteiger partial charge in [0.25, 0.3) is 0 Å². The Morgan fingerprint density at radius 2 is 2.25 bits per heavy atom. The van der Waals surface area contributed by atoms with Crippen LogP contribution in [0.5, 0.6) is 0 Å². The minimum atomic E-state index is -1.01. The van der Waals surface area contributed by atoms with Gasteiger partial charge in [-0.1, -0.05) is 53.4 Å². The minimum Gasteiger partial charge on any atom is -0.385 e. The van der Waals surface area contributed by atoms with Crippen LogP contribution in [-0.2, 0) is 5.60 Å². The fourth-order valence-corrected chi connectivity index (χ4v) is 4.51. The van der Waals surface area contributed by atoms with Crippen molar-refractivity contribution in [2.75, 3.05) is 6.54 Å². The van der Waals surface area contributed by atoms with Gasteiger partial charge in [0.15, 0.2) is 0 Å². The Balaban J connectivity index is 2.45. The van der Waals surface area contributed by atoms with E-state index in [0.29, 0.717) is 17.5 Å². The summed E-state index contributed by atoms with van der Waals surface area (Å²) in [6.07, 6.45) is 4.23. The maximum Gasteiger partial charge on any atom is 0.0950 e. The van der Waals surface area contributed by atoms with Gasteiger partial charge < -0.3 is 10.8 Å². The first-order valence-electron chi connectivity index (χ1n) is 7.20. The third kappa shape index (κ3) is 2.78. The van der Waals surface area contributed by atoms with E-state index < -0.39 is 5.60 Å². The molecule has 0 spiro atoms. The van der Waals surface area contributed by atoms with Crippen LogP contribution < -0.4 is 5.73 Å². The normalized spacial score (nSPS) is 30.0. The van der Waals surface area contributed by atoms with Crippen LogP contribution in [0.15, 0.2) is 22.7 Å². The van der Waals surface area contributed by atoms with E-state index in [2.05, 4.69) is 22.9 Å². The van der Waals surface area contributed by atoms with E-state index >= 15 is 0 Å². The van der Waals surface area contributed by atoms with E-state index in [1.54, 1.807) is 0 Å². The molecule has 0 saturated heterocycles. The lowest BCUT2D eigenvalue weighted by Gasteiger charge is -2.49. The Morgan fingerprint density at radius 3 is 2.80 bits per heavy atom. The summed E-state index contributed by atoms with van der Waals surface area (Å²) in [7, 11) is 0. The number of rotatable bonds is 3. The van der Waals surface area contributed by atoms with Gasteiger partial charge in [0, 0.05) is 27.0 Å². The van der Waals surface area contributed by atoms with Crippen molar-refractivity contribution < 1.29 is 5.11 Å². The van der Waals surface area contributed by atoms with Crippen LogP contribution in [-0.4, -0.2) is 11.7 Å². The Kier molecular flexibility index (Phi) is 4.85. The largest absolute Gasteiger partial charge is 0.385 e. The average molecular weight is 361 g/mol. The van der Waals surface area contributed by atoms with Gasteiger partial charge in [-0.05, 0) is 37.8 Å². The van der Waals surface area contributed by atoms with Crippen LogP contribution in [0.2, 0.25) is 5.02 Å². The van der Waals surface area contributed by atoms with Gasteiger partial charge >= 0.3 is 0 Å². The molecule has 0 aliphatic heterocycles. The van der Waals surface area contributed by atoms with Gasteiger partial charge in [-0.2, -0.15) is 0 Å². The van der Waals surface area contributed by atoms with Gasteiger partial charge in [0.2, 0.25) is 0 Å². The third-order valence-electron chi connectivity index (χ3n) is 4.97. The average Bonchev–Trinajstić information content (AvgIpc) is 2.37. The molecule has 3 unspecified atom stereocenters. The smallest absolute Gasteiger partial charge is 0.0950 e. The molecule has 1 aliphatic rings. The molecule has 0 heterocycles. The molecule has 1 aromatic rings. The minimum absolute atomic E-state index is 0.290. The second-order valence-corrected chi connectivity index (χ2v) is 7.71. The quantitative estimate of drug-likeness (QED) is 0.835. The number of aliphatic hydroxyl groups is 1. The standard InChI is InChI=1S/C16H23BrClNO/c1-11-4-3-7-16(9-11,10-19)15(2,20)13-6-5-12(17)8-14(13)18/h5-6,8,11,20H,3-4,7,9-10,19H2,1-2H3. The first kappa shape index (κ1) is 16.3. The van der Waals surface area contributed by atoms with E-state index in [-0.39, 0.29) is 5.41 Å². The third-order valence-corrected chi connectivity index (χ3v) is 5.78. The van der Waals surface area contributed by atoms with E-state index in [0.717, 1.165) is 29.3 Å². The zero-order valence-corrected chi connectivity index (χ0v) is 14.5. The molecule has 2 nitrogen and oxygen atoms in total. The van der Waals surface area contributed by atoms with Gasteiger partial charge in [-0.3, -0.25) is 0 Å². The molecular formula is C16H23BrClNO. The van der Waals surface area contributed by atoms with E-state index in [1.807, 2.05) is 25.1 Å².